The van der Waals surface area contributed by atoms with Crippen LogP contribution in [0.2, 0.25) is 0 Å². The smallest absolute Gasteiger partial charge is 0.418 e. The number of hydrogen-bond donors (Lipinski definition) is 1. The maximum atomic E-state index is 14.8. The number of alkyl halides is 5. The van der Waals surface area contributed by atoms with Crippen LogP contribution in [-0.4, -0.2) is 59.6 Å². The summed E-state index contributed by atoms with van der Waals surface area (Å²) >= 11 is 0.668. The third-order valence-electron chi connectivity index (χ3n) is 4.72. The molecule has 1 fully saturated rings. The molecular weight excluding hydrogens is 473 g/mol. The van der Waals surface area contributed by atoms with Gasteiger partial charge in [0.25, 0.3) is 5.91 Å². The lowest BCUT2D eigenvalue weighted by Gasteiger charge is -2.38. The van der Waals surface area contributed by atoms with Crippen molar-refractivity contribution >= 4 is 33.6 Å². The number of amides is 2. The van der Waals surface area contributed by atoms with Crippen molar-refractivity contribution in [2.45, 2.75) is 51.0 Å². The second-order valence-electron chi connectivity index (χ2n) is 8.47. The van der Waals surface area contributed by atoms with Gasteiger partial charge in [-0.25, -0.2) is 18.6 Å². The second kappa shape index (κ2) is 8.58. The predicted molar refractivity (Wildman–Crippen MR) is 110 cm³/mol. The molecule has 2 aromatic heterocycles. The van der Waals surface area contributed by atoms with E-state index in [1.165, 1.54) is 12.4 Å². The summed E-state index contributed by atoms with van der Waals surface area (Å²) in [6.45, 7) is 3.61. The molecule has 7 nitrogen and oxygen atoms in total. The first-order valence-electron chi connectivity index (χ1n) is 9.86. The maximum absolute atomic E-state index is 14.8. The van der Waals surface area contributed by atoms with Crippen molar-refractivity contribution in [3.05, 3.63) is 22.6 Å². The van der Waals surface area contributed by atoms with Gasteiger partial charge in [-0.3, -0.25) is 4.79 Å². The van der Waals surface area contributed by atoms with Gasteiger partial charge in [-0.05, 0) is 20.8 Å². The predicted octanol–water partition coefficient (Wildman–Crippen LogP) is 4.70. The number of fused-ring (bicyclic) bond motifs is 1. The van der Waals surface area contributed by atoms with Gasteiger partial charge in [-0.1, -0.05) is 0 Å². The number of nitrogens with zero attached hydrogens (tertiary/aromatic N) is 2. The van der Waals surface area contributed by atoms with Crippen molar-refractivity contribution in [1.29, 1.82) is 0 Å². The minimum absolute atomic E-state index is 0.125. The third kappa shape index (κ3) is 5.45. The van der Waals surface area contributed by atoms with Crippen molar-refractivity contribution < 1.29 is 41.0 Å². The van der Waals surface area contributed by atoms with E-state index in [1.807, 2.05) is 0 Å². The average molecular weight is 495 g/mol. The highest BCUT2D eigenvalue weighted by Gasteiger charge is 2.49. The molecule has 0 radical (unpaired) electrons. The molecule has 1 N–H and O–H groups in total. The van der Waals surface area contributed by atoms with Crippen molar-refractivity contribution in [2.75, 3.05) is 20.1 Å². The Morgan fingerprint density at radius 2 is 1.94 bits per heavy atom. The van der Waals surface area contributed by atoms with Crippen molar-refractivity contribution in [3.63, 3.8) is 0 Å². The number of nitrogens with one attached hydrogen (secondary N) is 1. The summed E-state index contributed by atoms with van der Waals surface area (Å²) < 4.78 is 80.4. The van der Waals surface area contributed by atoms with Crippen LogP contribution < -0.4 is 10.1 Å². The molecule has 1 aliphatic rings. The largest absolute Gasteiger partial charge is 0.468 e. The molecule has 0 saturated carbocycles. The van der Waals surface area contributed by atoms with Crippen molar-refractivity contribution in [2.24, 2.45) is 0 Å². The van der Waals surface area contributed by atoms with Crippen LogP contribution in [0.15, 0.2) is 11.4 Å². The highest BCUT2D eigenvalue weighted by atomic mass is 32.1. The van der Waals surface area contributed by atoms with Crippen LogP contribution in [0, 0.1) is 0 Å². The van der Waals surface area contributed by atoms with Gasteiger partial charge in [-0.2, -0.15) is 13.2 Å². The van der Waals surface area contributed by atoms with Crippen molar-refractivity contribution in [1.82, 2.24) is 15.2 Å². The monoisotopic (exact) mass is 495 g/mol. The molecule has 1 saturated heterocycles. The number of carbonyl (C=O) groups is 2. The number of carbonyl (C=O) groups excluding carboxylic acids is 2. The fourth-order valence-electron chi connectivity index (χ4n) is 3.24. The van der Waals surface area contributed by atoms with Gasteiger partial charge >= 0.3 is 18.2 Å². The molecule has 2 aromatic rings. The van der Waals surface area contributed by atoms with Crippen LogP contribution in [0.25, 0.3) is 10.2 Å². The lowest BCUT2D eigenvalue weighted by atomic mass is 10.0. The molecule has 1 atom stereocenters. The SMILES string of the molecule is CNC(=O)c1csc2c(C(F)(F)F)cc(OC3CCN(C(=O)OC(C)(C)C)CC3(F)F)nc12. The number of likely N-dealkylation sites (tertiary alicyclic amines) is 1. The Balaban J connectivity index is 1.90. The van der Waals surface area contributed by atoms with Gasteiger partial charge in [0.05, 0.1) is 27.9 Å². The van der Waals surface area contributed by atoms with E-state index >= 15 is 0 Å². The van der Waals surface area contributed by atoms with Crippen molar-refractivity contribution in [3.8, 4) is 5.88 Å². The number of ether oxygens (including phenoxy) is 2. The molecule has 0 aliphatic carbocycles. The summed E-state index contributed by atoms with van der Waals surface area (Å²) in [5, 5.41) is 3.51. The van der Waals surface area contributed by atoms with E-state index in [4.69, 9.17) is 9.47 Å². The summed E-state index contributed by atoms with van der Waals surface area (Å²) in [5.74, 6) is -4.94. The highest BCUT2D eigenvalue weighted by molar-refractivity contribution is 7.17. The Bertz CT molecular complexity index is 1060. The second-order valence-corrected chi connectivity index (χ2v) is 9.35. The molecule has 13 heteroatoms. The van der Waals surface area contributed by atoms with Crippen LogP contribution in [-0.2, 0) is 10.9 Å². The molecular formula is C20H22F5N3O4S. The Labute approximate surface area is 189 Å². The Hall–Kier alpha value is -2.70. The summed E-state index contributed by atoms with van der Waals surface area (Å²) in [6, 6.07) is 0.544. The molecule has 2 amide bonds. The van der Waals surface area contributed by atoms with Gasteiger partial charge < -0.3 is 19.7 Å². The zero-order valence-corrected chi connectivity index (χ0v) is 19.0. The lowest BCUT2D eigenvalue weighted by Crippen LogP contribution is -2.56. The van der Waals surface area contributed by atoms with Gasteiger partial charge in [0.2, 0.25) is 5.88 Å². The number of aromatic nitrogens is 1. The molecule has 3 heterocycles. The number of thiophene rings is 1. The van der Waals surface area contributed by atoms with E-state index in [-0.39, 0.29) is 28.7 Å². The van der Waals surface area contributed by atoms with Crippen LogP contribution in [0.1, 0.15) is 43.1 Å². The zero-order chi connectivity index (χ0) is 24.8. The van der Waals surface area contributed by atoms with E-state index in [9.17, 15) is 31.5 Å². The number of piperidine rings is 1. The van der Waals surface area contributed by atoms with E-state index in [0.29, 0.717) is 17.4 Å². The van der Waals surface area contributed by atoms with Crippen LogP contribution >= 0.6 is 11.3 Å². The van der Waals surface area contributed by atoms with E-state index in [1.54, 1.807) is 20.8 Å². The van der Waals surface area contributed by atoms with E-state index < -0.39 is 53.8 Å². The number of rotatable bonds is 3. The standard InChI is InChI=1S/C20H22F5N3O4S/c1-18(2,3)32-17(30)28-6-5-12(19(21,22)9-28)31-13-7-11(20(23,24)25)15-14(27-13)10(8-33-15)16(29)26-4/h7-8,12H,5-6,9H2,1-4H3,(H,26,29). The molecule has 3 rings (SSSR count). The van der Waals surface area contributed by atoms with Gasteiger partial charge in [-0.15, -0.1) is 11.3 Å². The molecule has 0 bridgehead atoms. The first-order valence-corrected chi connectivity index (χ1v) is 10.7. The maximum Gasteiger partial charge on any atom is 0.418 e. The zero-order valence-electron chi connectivity index (χ0n) is 18.2. The fourth-order valence-corrected chi connectivity index (χ4v) is 4.27. The molecule has 1 aliphatic heterocycles. The average Bonchev–Trinajstić information content (AvgIpc) is 3.09. The molecule has 182 valence electrons. The first-order chi connectivity index (χ1) is 15.1. The Kier molecular flexibility index (Phi) is 6.48. The van der Waals surface area contributed by atoms with Crippen LogP contribution in [0.4, 0.5) is 26.7 Å². The minimum atomic E-state index is -4.83. The first kappa shape index (κ1) is 24.9. The topological polar surface area (TPSA) is 80.8 Å². The Morgan fingerprint density at radius 3 is 2.48 bits per heavy atom. The fraction of sp³-hybridized carbons (Fsp3) is 0.550. The number of hydrogen-bond acceptors (Lipinski definition) is 6. The van der Waals surface area contributed by atoms with E-state index in [2.05, 4.69) is 10.3 Å². The normalized spacial score (nSPS) is 18.8. The summed E-state index contributed by atoms with van der Waals surface area (Å²) in [4.78, 5) is 28.9. The quantitative estimate of drug-likeness (QED) is 0.625. The Morgan fingerprint density at radius 1 is 1.27 bits per heavy atom. The summed E-state index contributed by atoms with van der Waals surface area (Å²) in [7, 11) is 1.30. The van der Waals surface area contributed by atoms with Gasteiger partial charge in [0.1, 0.15) is 5.60 Å². The number of pyridine rings is 1. The summed E-state index contributed by atoms with van der Waals surface area (Å²) in [5.41, 5.74) is -2.44. The molecule has 0 aromatic carbocycles. The van der Waals surface area contributed by atoms with Gasteiger partial charge in [0, 0.05) is 31.5 Å². The third-order valence-corrected chi connectivity index (χ3v) is 5.73. The van der Waals surface area contributed by atoms with Crippen LogP contribution in [0.5, 0.6) is 5.88 Å². The molecule has 33 heavy (non-hydrogen) atoms. The van der Waals surface area contributed by atoms with Crippen LogP contribution in [0.3, 0.4) is 0 Å². The highest BCUT2D eigenvalue weighted by Crippen LogP contribution is 2.41. The molecule has 0 spiro atoms. The molecule has 1 unspecified atom stereocenters. The van der Waals surface area contributed by atoms with E-state index in [0.717, 1.165) is 4.90 Å². The lowest BCUT2D eigenvalue weighted by molar-refractivity contribution is -0.140. The van der Waals surface area contributed by atoms with Gasteiger partial charge in [0.15, 0.2) is 6.10 Å². The minimum Gasteiger partial charge on any atom is -0.468 e. The summed E-state index contributed by atoms with van der Waals surface area (Å²) in [6.07, 6.45) is -7.94. The number of halogens is 5.